The maximum absolute atomic E-state index is 5.91. The van der Waals surface area contributed by atoms with Crippen LogP contribution in [0.25, 0.3) is 0 Å². The summed E-state index contributed by atoms with van der Waals surface area (Å²) in [5.41, 5.74) is 2.45. The van der Waals surface area contributed by atoms with Crippen molar-refractivity contribution in [2.24, 2.45) is 0 Å². The van der Waals surface area contributed by atoms with E-state index in [1.807, 2.05) is 44.2 Å². The molecule has 1 unspecified atom stereocenters. The monoisotopic (exact) mass is 284 g/mol. The van der Waals surface area contributed by atoms with E-state index in [1.165, 1.54) is 11.1 Å². The lowest BCUT2D eigenvalue weighted by Gasteiger charge is -2.15. The lowest BCUT2D eigenvalue weighted by Crippen LogP contribution is -2.12. The fourth-order valence-electron chi connectivity index (χ4n) is 2.22. The topological polar surface area (TPSA) is 18.5 Å². The van der Waals surface area contributed by atoms with Gasteiger partial charge in [-0.25, -0.2) is 0 Å². The summed E-state index contributed by atoms with van der Waals surface area (Å²) in [7, 11) is 0. The number of hydrogen-bond acceptors (Lipinski definition) is 2. The average Bonchev–Trinajstić information content (AvgIpc) is 2.46. The van der Waals surface area contributed by atoms with Gasteiger partial charge in [0.15, 0.2) is 0 Å². The van der Waals surface area contributed by atoms with E-state index in [9.17, 15) is 0 Å². The molecule has 2 nitrogen and oxygen atoms in total. The van der Waals surface area contributed by atoms with Crippen molar-refractivity contribution in [3.8, 4) is 5.75 Å². The third kappa shape index (κ3) is 5.60. The zero-order valence-corrected chi connectivity index (χ0v) is 13.1. The normalized spacial score (nSPS) is 12.4. The highest BCUT2D eigenvalue weighted by atomic mass is 16.5. The second-order valence-electron chi connectivity index (χ2n) is 5.63. The van der Waals surface area contributed by atoms with Crippen LogP contribution in [-0.4, -0.2) is 12.2 Å². The molecule has 0 bridgehead atoms. The van der Waals surface area contributed by atoms with Crippen LogP contribution in [0.3, 0.4) is 0 Å². The fourth-order valence-corrected chi connectivity index (χ4v) is 2.22. The Morgan fingerprint density at radius 3 is 2.29 bits per heavy atom. The second kappa shape index (κ2) is 7.84. The molecule has 2 rings (SSSR count). The highest BCUT2D eigenvalue weighted by Crippen LogP contribution is 2.17. The summed E-state index contributed by atoms with van der Waals surface area (Å²) >= 11 is 0. The predicted octanol–water partition coefficient (Wildman–Crippen LogP) is 4.62. The summed E-state index contributed by atoms with van der Waals surface area (Å²) in [6, 6.07) is 18.5. The predicted molar refractivity (Wildman–Crippen MR) is 86.6 cm³/mol. The maximum Gasteiger partial charge on any atom is 0.119 e. The molecule has 0 fully saturated rings. The smallest absolute Gasteiger partial charge is 0.119 e. The van der Waals surface area contributed by atoms with Gasteiger partial charge in [0.25, 0.3) is 0 Å². The first-order chi connectivity index (χ1) is 10.1. The molecule has 0 aliphatic rings. The fraction of sp³-hybridized carbons (Fsp3) is 0.368. The zero-order chi connectivity index (χ0) is 15.1. The molecule has 1 atom stereocenters. The van der Waals surface area contributed by atoms with Crippen molar-refractivity contribution in [1.29, 1.82) is 0 Å². The van der Waals surface area contributed by atoms with Crippen LogP contribution in [0.5, 0.6) is 5.75 Å². The van der Waals surface area contributed by atoms with Crippen LogP contribution in [0.2, 0.25) is 0 Å². The van der Waals surface area contributed by atoms with Gasteiger partial charge in [0, 0.05) is 0 Å². The van der Waals surface area contributed by atoms with E-state index in [1.54, 1.807) is 0 Å². The molecular weight excluding hydrogens is 260 g/mol. The third-order valence-corrected chi connectivity index (χ3v) is 3.17. The van der Waals surface area contributed by atoms with Gasteiger partial charge >= 0.3 is 0 Å². The molecule has 0 saturated carbocycles. The van der Waals surface area contributed by atoms with Gasteiger partial charge in [0.2, 0.25) is 0 Å². The third-order valence-electron chi connectivity index (χ3n) is 3.17. The molecule has 0 aromatic heterocycles. The van der Waals surface area contributed by atoms with Crippen molar-refractivity contribution in [2.45, 2.75) is 46.0 Å². The molecule has 0 amide bonds. The van der Waals surface area contributed by atoms with E-state index < -0.39 is 0 Å². The lowest BCUT2D eigenvalue weighted by atomic mass is 10.1. The van der Waals surface area contributed by atoms with E-state index in [0.29, 0.717) is 6.61 Å². The molecule has 0 heterocycles. The quantitative estimate of drug-likeness (QED) is 0.738. The van der Waals surface area contributed by atoms with Gasteiger partial charge in [-0.05, 0) is 50.5 Å². The van der Waals surface area contributed by atoms with Crippen molar-refractivity contribution < 1.29 is 9.47 Å². The molecule has 0 spiro atoms. The van der Waals surface area contributed by atoms with Crippen LogP contribution >= 0.6 is 0 Å². The summed E-state index contributed by atoms with van der Waals surface area (Å²) in [4.78, 5) is 0. The van der Waals surface area contributed by atoms with E-state index in [0.717, 1.165) is 12.2 Å². The van der Waals surface area contributed by atoms with E-state index in [-0.39, 0.29) is 12.2 Å². The highest BCUT2D eigenvalue weighted by molar-refractivity contribution is 5.29. The summed E-state index contributed by atoms with van der Waals surface area (Å²) in [6.45, 7) is 6.85. The molecule has 2 aromatic carbocycles. The Labute approximate surface area is 127 Å². The van der Waals surface area contributed by atoms with E-state index in [4.69, 9.17) is 9.47 Å². The first-order valence-electron chi connectivity index (χ1n) is 7.54. The van der Waals surface area contributed by atoms with Gasteiger partial charge in [-0.2, -0.15) is 0 Å². The summed E-state index contributed by atoms with van der Waals surface area (Å²) in [5.74, 6) is 0.928. The Kier molecular flexibility index (Phi) is 5.82. The van der Waals surface area contributed by atoms with Crippen LogP contribution in [-0.2, 0) is 17.8 Å². The minimum atomic E-state index is 0.180. The molecule has 0 radical (unpaired) electrons. The number of ether oxygens (including phenoxy) is 2. The molecular formula is C19H24O2. The standard InChI is InChI=1S/C19H24O2/c1-15(2)21-19-11-7-10-18(13-19)12-16(3)20-14-17-8-5-4-6-9-17/h4-11,13,15-16H,12,14H2,1-3H3. The number of rotatable bonds is 7. The Balaban J connectivity index is 1.86. The van der Waals surface area contributed by atoms with Gasteiger partial charge in [0.1, 0.15) is 5.75 Å². The van der Waals surface area contributed by atoms with Gasteiger partial charge in [-0.15, -0.1) is 0 Å². The molecule has 0 aliphatic heterocycles. The SMILES string of the molecule is CC(C)Oc1cccc(CC(C)OCc2ccccc2)c1. The van der Waals surface area contributed by atoms with Gasteiger partial charge < -0.3 is 9.47 Å². The molecule has 0 N–H and O–H groups in total. The molecule has 0 aliphatic carbocycles. The first kappa shape index (κ1) is 15.6. The Bertz CT molecular complexity index is 534. The van der Waals surface area contributed by atoms with Crippen LogP contribution in [0.1, 0.15) is 31.9 Å². The van der Waals surface area contributed by atoms with Crippen molar-refractivity contribution in [3.63, 3.8) is 0 Å². The van der Waals surface area contributed by atoms with Crippen LogP contribution < -0.4 is 4.74 Å². The van der Waals surface area contributed by atoms with Crippen molar-refractivity contribution in [3.05, 3.63) is 65.7 Å². The summed E-state index contributed by atoms with van der Waals surface area (Å²) in [5, 5.41) is 0. The van der Waals surface area contributed by atoms with Crippen LogP contribution in [0.15, 0.2) is 54.6 Å². The molecule has 112 valence electrons. The van der Waals surface area contributed by atoms with Crippen LogP contribution in [0.4, 0.5) is 0 Å². The largest absolute Gasteiger partial charge is 0.491 e. The van der Waals surface area contributed by atoms with Crippen molar-refractivity contribution in [2.75, 3.05) is 0 Å². The number of benzene rings is 2. The minimum absolute atomic E-state index is 0.180. The van der Waals surface area contributed by atoms with Gasteiger partial charge in [-0.3, -0.25) is 0 Å². The Morgan fingerprint density at radius 1 is 0.857 bits per heavy atom. The lowest BCUT2D eigenvalue weighted by molar-refractivity contribution is 0.0535. The molecule has 21 heavy (non-hydrogen) atoms. The first-order valence-corrected chi connectivity index (χ1v) is 7.54. The second-order valence-corrected chi connectivity index (χ2v) is 5.63. The van der Waals surface area contributed by atoms with Crippen molar-refractivity contribution in [1.82, 2.24) is 0 Å². The molecule has 2 aromatic rings. The summed E-state index contributed by atoms with van der Waals surface area (Å²) < 4.78 is 11.6. The highest BCUT2D eigenvalue weighted by Gasteiger charge is 2.06. The zero-order valence-electron chi connectivity index (χ0n) is 13.1. The van der Waals surface area contributed by atoms with Gasteiger partial charge in [0.05, 0.1) is 18.8 Å². The van der Waals surface area contributed by atoms with Crippen LogP contribution in [0, 0.1) is 0 Å². The molecule has 0 saturated heterocycles. The Morgan fingerprint density at radius 2 is 1.57 bits per heavy atom. The maximum atomic E-state index is 5.91. The van der Waals surface area contributed by atoms with Gasteiger partial charge in [-0.1, -0.05) is 42.5 Å². The number of hydrogen-bond donors (Lipinski definition) is 0. The molecule has 2 heteroatoms. The van der Waals surface area contributed by atoms with Crippen molar-refractivity contribution >= 4 is 0 Å². The van der Waals surface area contributed by atoms with E-state index >= 15 is 0 Å². The van der Waals surface area contributed by atoms with E-state index in [2.05, 4.69) is 31.2 Å². The summed E-state index contributed by atoms with van der Waals surface area (Å²) in [6.07, 6.45) is 1.27. The Hall–Kier alpha value is -1.80. The average molecular weight is 284 g/mol. The minimum Gasteiger partial charge on any atom is -0.491 e.